The average molecular weight is 363 g/mol. The topological polar surface area (TPSA) is 18.5 Å². The number of hydrogen-bond donors (Lipinski definition) is 0. The largest absolute Gasteiger partial charge is 0.494 e. The van der Waals surface area contributed by atoms with Gasteiger partial charge in [0.05, 0.1) is 18.2 Å². The van der Waals surface area contributed by atoms with E-state index >= 15 is 0 Å². The summed E-state index contributed by atoms with van der Waals surface area (Å²) in [5.41, 5.74) is 0. The third-order valence-corrected chi connectivity index (χ3v) is 4.68. The molecule has 0 aliphatic carbocycles. The van der Waals surface area contributed by atoms with Crippen molar-refractivity contribution in [3.05, 3.63) is 35.4 Å². The van der Waals surface area contributed by atoms with E-state index < -0.39 is 0 Å². The second kappa shape index (κ2) is 11.3. The number of ether oxygens (including phenoxy) is 2. The van der Waals surface area contributed by atoms with Crippen molar-refractivity contribution >= 4 is 22.4 Å². The number of hydrogen-bond acceptors (Lipinski definition) is 2. The van der Waals surface area contributed by atoms with E-state index in [0.717, 1.165) is 48.3 Å². The van der Waals surface area contributed by atoms with Crippen molar-refractivity contribution < 1.29 is 9.47 Å². The average Bonchev–Trinajstić information content (AvgIpc) is 2.61. The van der Waals surface area contributed by atoms with Gasteiger partial charge < -0.3 is 9.47 Å². The molecule has 0 aromatic heterocycles. The lowest BCUT2D eigenvalue weighted by atomic mass is 10.1. The molecule has 0 radical (unpaired) electrons. The molecule has 2 nitrogen and oxygen atoms in total. The molecule has 2 aromatic carbocycles. The molecule has 2 rings (SSSR count). The molecule has 0 aliphatic rings. The van der Waals surface area contributed by atoms with Gasteiger partial charge in [0.25, 0.3) is 0 Å². The summed E-state index contributed by atoms with van der Waals surface area (Å²) in [6, 6.07) is 10.2. The monoisotopic (exact) mass is 362 g/mol. The van der Waals surface area contributed by atoms with Gasteiger partial charge in [-0.25, -0.2) is 0 Å². The van der Waals surface area contributed by atoms with E-state index in [1.54, 1.807) is 0 Å². The van der Waals surface area contributed by atoms with Crippen LogP contribution >= 0.6 is 11.6 Å². The second-order valence-corrected chi connectivity index (χ2v) is 7.02. The van der Waals surface area contributed by atoms with E-state index in [1.165, 1.54) is 38.5 Å². The lowest BCUT2D eigenvalue weighted by Gasteiger charge is -2.11. The van der Waals surface area contributed by atoms with E-state index in [2.05, 4.69) is 26.0 Å². The highest BCUT2D eigenvalue weighted by Crippen LogP contribution is 2.32. The van der Waals surface area contributed by atoms with Crippen molar-refractivity contribution in [1.82, 2.24) is 0 Å². The maximum Gasteiger partial charge on any atom is 0.138 e. The lowest BCUT2D eigenvalue weighted by molar-refractivity contribution is 0.304. The van der Waals surface area contributed by atoms with Gasteiger partial charge in [0.1, 0.15) is 11.5 Å². The smallest absolute Gasteiger partial charge is 0.138 e. The molecular weight excluding hydrogens is 332 g/mol. The Kier molecular flexibility index (Phi) is 8.96. The summed E-state index contributed by atoms with van der Waals surface area (Å²) in [4.78, 5) is 0. The Bertz CT molecular complexity index is 639. The van der Waals surface area contributed by atoms with Crippen LogP contribution in [0.15, 0.2) is 30.3 Å². The molecule has 138 valence electrons. The summed E-state index contributed by atoms with van der Waals surface area (Å²) in [5, 5.41) is 2.89. The quantitative estimate of drug-likeness (QED) is 0.366. The van der Waals surface area contributed by atoms with Crippen LogP contribution in [0.5, 0.6) is 11.5 Å². The first-order valence-electron chi connectivity index (χ1n) is 9.73. The number of benzene rings is 2. The lowest BCUT2D eigenvalue weighted by Crippen LogP contribution is -1.98. The molecule has 0 unspecified atom stereocenters. The predicted octanol–water partition coefficient (Wildman–Crippen LogP) is 7.41. The Morgan fingerprint density at radius 1 is 0.720 bits per heavy atom. The number of halogens is 1. The van der Waals surface area contributed by atoms with E-state index in [4.69, 9.17) is 21.1 Å². The van der Waals surface area contributed by atoms with Gasteiger partial charge in [0, 0.05) is 0 Å². The highest BCUT2D eigenvalue weighted by Gasteiger charge is 2.06. The van der Waals surface area contributed by atoms with Crippen LogP contribution < -0.4 is 9.47 Å². The molecule has 0 atom stereocenters. The SMILES string of the molecule is CCCCCCOc1ccc2cc(OCCCCCC)c(Cl)cc2c1. The second-order valence-electron chi connectivity index (χ2n) is 6.61. The van der Waals surface area contributed by atoms with Gasteiger partial charge in [0.2, 0.25) is 0 Å². The Hall–Kier alpha value is -1.41. The highest BCUT2D eigenvalue weighted by molar-refractivity contribution is 6.32. The molecule has 2 aromatic rings. The van der Waals surface area contributed by atoms with Crippen LogP contribution in [0.4, 0.5) is 0 Å². The van der Waals surface area contributed by atoms with Crippen molar-refractivity contribution in [3.63, 3.8) is 0 Å². The molecule has 3 heteroatoms. The standard InChI is InChI=1S/C22H31ClO2/c1-3-5-7-9-13-24-20-12-11-18-17-22(21(23)16-19(18)15-20)25-14-10-8-6-4-2/h11-12,15-17H,3-10,13-14H2,1-2H3. The Labute approximate surface area is 157 Å². The Morgan fingerprint density at radius 2 is 1.40 bits per heavy atom. The number of unbranched alkanes of at least 4 members (excludes halogenated alkanes) is 6. The van der Waals surface area contributed by atoms with Crippen LogP contribution in [0, 0.1) is 0 Å². The minimum Gasteiger partial charge on any atom is -0.494 e. The molecule has 0 heterocycles. The summed E-state index contributed by atoms with van der Waals surface area (Å²) < 4.78 is 11.7. The van der Waals surface area contributed by atoms with Crippen LogP contribution in [-0.4, -0.2) is 13.2 Å². The molecule has 0 N–H and O–H groups in total. The van der Waals surface area contributed by atoms with Gasteiger partial charge in [-0.05, 0) is 47.9 Å². The summed E-state index contributed by atoms with van der Waals surface area (Å²) in [7, 11) is 0. The highest BCUT2D eigenvalue weighted by atomic mass is 35.5. The first-order valence-corrected chi connectivity index (χ1v) is 10.1. The maximum absolute atomic E-state index is 6.39. The minimum absolute atomic E-state index is 0.670. The van der Waals surface area contributed by atoms with Crippen molar-refractivity contribution in [3.8, 4) is 11.5 Å². The third-order valence-electron chi connectivity index (χ3n) is 4.38. The zero-order valence-electron chi connectivity index (χ0n) is 15.7. The van der Waals surface area contributed by atoms with Crippen molar-refractivity contribution in [1.29, 1.82) is 0 Å². The van der Waals surface area contributed by atoms with Crippen LogP contribution in [0.3, 0.4) is 0 Å². The molecule has 0 amide bonds. The van der Waals surface area contributed by atoms with E-state index in [1.807, 2.05) is 18.2 Å². The first-order chi connectivity index (χ1) is 12.2. The van der Waals surface area contributed by atoms with E-state index in [-0.39, 0.29) is 0 Å². The number of fused-ring (bicyclic) bond motifs is 1. The van der Waals surface area contributed by atoms with E-state index in [9.17, 15) is 0 Å². The molecule has 0 spiro atoms. The van der Waals surface area contributed by atoms with Gasteiger partial charge >= 0.3 is 0 Å². The fraction of sp³-hybridized carbons (Fsp3) is 0.545. The van der Waals surface area contributed by atoms with Gasteiger partial charge in [0.15, 0.2) is 0 Å². The van der Waals surface area contributed by atoms with Crippen molar-refractivity contribution in [2.45, 2.75) is 65.2 Å². The van der Waals surface area contributed by atoms with Gasteiger partial charge in [-0.2, -0.15) is 0 Å². The predicted molar refractivity (Wildman–Crippen MR) is 108 cm³/mol. The van der Waals surface area contributed by atoms with Crippen LogP contribution in [0.25, 0.3) is 10.8 Å². The molecule has 0 saturated carbocycles. The Balaban J connectivity index is 1.92. The Morgan fingerprint density at radius 3 is 2.08 bits per heavy atom. The number of rotatable bonds is 12. The molecule has 0 fully saturated rings. The maximum atomic E-state index is 6.39. The molecular formula is C22H31ClO2. The summed E-state index contributed by atoms with van der Waals surface area (Å²) >= 11 is 6.39. The minimum atomic E-state index is 0.670. The molecule has 0 saturated heterocycles. The van der Waals surface area contributed by atoms with Gasteiger partial charge in [-0.1, -0.05) is 70.0 Å². The fourth-order valence-corrected chi connectivity index (χ4v) is 3.08. The molecule has 0 bridgehead atoms. The summed E-state index contributed by atoms with van der Waals surface area (Å²) in [6.07, 6.45) is 9.64. The van der Waals surface area contributed by atoms with Crippen molar-refractivity contribution in [2.75, 3.05) is 13.2 Å². The van der Waals surface area contributed by atoms with Gasteiger partial charge in [-0.15, -0.1) is 0 Å². The zero-order valence-corrected chi connectivity index (χ0v) is 16.4. The van der Waals surface area contributed by atoms with E-state index in [0.29, 0.717) is 5.02 Å². The van der Waals surface area contributed by atoms with Crippen LogP contribution in [0.1, 0.15) is 65.2 Å². The normalized spacial score (nSPS) is 11.0. The molecule has 25 heavy (non-hydrogen) atoms. The fourth-order valence-electron chi connectivity index (χ4n) is 2.86. The third kappa shape index (κ3) is 6.78. The first kappa shape index (κ1) is 19.9. The summed E-state index contributed by atoms with van der Waals surface area (Å²) in [5.74, 6) is 1.69. The van der Waals surface area contributed by atoms with Crippen LogP contribution in [0.2, 0.25) is 5.02 Å². The van der Waals surface area contributed by atoms with Gasteiger partial charge in [-0.3, -0.25) is 0 Å². The summed E-state index contributed by atoms with van der Waals surface area (Å²) in [6.45, 7) is 5.93. The van der Waals surface area contributed by atoms with Crippen LogP contribution in [-0.2, 0) is 0 Å². The van der Waals surface area contributed by atoms with Crippen molar-refractivity contribution in [2.24, 2.45) is 0 Å². The molecule has 0 aliphatic heterocycles. The zero-order chi connectivity index (χ0) is 17.9.